The number of rotatable bonds is 3. The summed E-state index contributed by atoms with van der Waals surface area (Å²) in [6.07, 6.45) is 6.04. The standard InChI is InChI=1S/C8H15NO2S.C7H14OS.CH4/c1-7(2)6-8-4-5-9(3)12(8,10)11;1-7(2)5-6-9(3,4)8;/h6-7H,4-5H2,1-3H3;5-7H,3H2,1-2,4H3;1H4/b8-6-;6-5+;. The Bertz CT molecular complexity index is 583. The molecule has 0 aliphatic carbocycles. The van der Waals surface area contributed by atoms with Crippen molar-refractivity contribution in [3.63, 3.8) is 0 Å². The molecule has 1 aliphatic heterocycles. The van der Waals surface area contributed by atoms with Crippen LogP contribution in [0.4, 0.5) is 0 Å². The summed E-state index contributed by atoms with van der Waals surface area (Å²) in [5.41, 5.74) is 0. The van der Waals surface area contributed by atoms with Gasteiger partial charge in [-0.1, -0.05) is 47.3 Å². The molecule has 0 saturated carbocycles. The minimum Gasteiger partial charge on any atom is -0.264 e. The number of hydrogen-bond donors (Lipinski definition) is 0. The fourth-order valence-electron chi connectivity index (χ4n) is 1.58. The number of hydrogen-bond acceptors (Lipinski definition) is 3. The van der Waals surface area contributed by atoms with E-state index in [2.05, 4.69) is 5.87 Å². The lowest BCUT2D eigenvalue weighted by molar-refractivity contribution is 0.507. The summed E-state index contributed by atoms with van der Waals surface area (Å²) in [7, 11) is -3.34. The van der Waals surface area contributed by atoms with Gasteiger partial charge in [0, 0.05) is 19.8 Å². The molecule has 0 spiro atoms. The van der Waals surface area contributed by atoms with Gasteiger partial charge in [-0.3, -0.25) is 4.21 Å². The third-order valence-corrected chi connectivity index (χ3v) is 5.42. The fraction of sp³-hybridized carbons (Fsp3) is 0.688. The van der Waals surface area contributed by atoms with Crippen molar-refractivity contribution in [1.29, 1.82) is 0 Å². The van der Waals surface area contributed by atoms with Crippen LogP contribution in [0.3, 0.4) is 0 Å². The van der Waals surface area contributed by atoms with Gasteiger partial charge in [0.25, 0.3) is 0 Å². The van der Waals surface area contributed by atoms with E-state index in [1.807, 2.05) is 39.8 Å². The lowest BCUT2D eigenvalue weighted by Gasteiger charge is -2.05. The first-order valence-electron chi connectivity index (χ1n) is 7.03. The quantitative estimate of drug-likeness (QED) is 0.733. The number of nitrogens with zero attached hydrogens (tertiary/aromatic N) is 1. The molecule has 132 valence electrons. The summed E-state index contributed by atoms with van der Waals surface area (Å²) >= 11 is 0. The topological polar surface area (TPSA) is 54.5 Å². The lowest BCUT2D eigenvalue weighted by atomic mass is 10.2. The molecule has 0 aromatic heterocycles. The van der Waals surface area contributed by atoms with E-state index in [9.17, 15) is 12.6 Å². The molecule has 1 atom stereocenters. The van der Waals surface area contributed by atoms with Crippen LogP contribution in [0.2, 0.25) is 0 Å². The summed E-state index contributed by atoms with van der Waals surface area (Å²) in [5, 5.41) is 1.68. The van der Waals surface area contributed by atoms with E-state index in [1.165, 1.54) is 4.31 Å². The van der Waals surface area contributed by atoms with Crippen LogP contribution in [-0.4, -0.2) is 42.7 Å². The van der Waals surface area contributed by atoms with Crippen LogP contribution in [-0.2, 0) is 19.5 Å². The van der Waals surface area contributed by atoms with Gasteiger partial charge in [-0.15, -0.1) is 0 Å². The Morgan fingerprint density at radius 3 is 1.95 bits per heavy atom. The first-order valence-corrected chi connectivity index (χ1v) is 10.7. The Hall–Kier alpha value is -0.590. The smallest absolute Gasteiger partial charge is 0.238 e. The van der Waals surface area contributed by atoms with E-state index >= 15 is 0 Å². The summed E-state index contributed by atoms with van der Waals surface area (Å²) < 4.78 is 35.3. The molecule has 0 amide bonds. The van der Waals surface area contributed by atoms with Crippen molar-refractivity contribution in [2.75, 3.05) is 19.8 Å². The van der Waals surface area contributed by atoms with E-state index < -0.39 is 19.5 Å². The van der Waals surface area contributed by atoms with Crippen LogP contribution in [0.5, 0.6) is 0 Å². The molecule has 4 nitrogen and oxygen atoms in total. The second-order valence-electron chi connectivity index (χ2n) is 6.10. The highest BCUT2D eigenvalue weighted by Crippen LogP contribution is 2.24. The maximum absolute atomic E-state index is 11.5. The van der Waals surface area contributed by atoms with E-state index in [-0.39, 0.29) is 7.43 Å². The van der Waals surface area contributed by atoms with Crippen molar-refractivity contribution in [3.05, 3.63) is 22.5 Å². The van der Waals surface area contributed by atoms with Gasteiger partial charge >= 0.3 is 0 Å². The van der Waals surface area contributed by atoms with Crippen molar-refractivity contribution in [1.82, 2.24) is 4.31 Å². The van der Waals surface area contributed by atoms with Crippen molar-refractivity contribution < 1.29 is 12.6 Å². The van der Waals surface area contributed by atoms with Gasteiger partial charge in [0.05, 0.1) is 4.91 Å². The Morgan fingerprint density at radius 2 is 1.73 bits per heavy atom. The maximum atomic E-state index is 11.5. The number of allylic oxidation sites excluding steroid dienone is 2. The molecule has 6 heteroatoms. The van der Waals surface area contributed by atoms with Crippen LogP contribution in [0.25, 0.3) is 0 Å². The molecule has 0 bridgehead atoms. The summed E-state index contributed by atoms with van der Waals surface area (Å²) in [5.74, 6) is 4.26. The Morgan fingerprint density at radius 1 is 1.23 bits per heavy atom. The first kappa shape index (κ1) is 23.7. The van der Waals surface area contributed by atoms with Gasteiger partial charge in [0.2, 0.25) is 10.0 Å². The molecule has 0 aromatic carbocycles. The van der Waals surface area contributed by atoms with Crippen LogP contribution >= 0.6 is 0 Å². The molecule has 0 radical (unpaired) electrons. The molecule has 1 heterocycles. The Kier molecular flexibility index (Phi) is 10.3. The summed E-state index contributed by atoms with van der Waals surface area (Å²) in [4.78, 5) is 0.583. The molecular formula is C16H33NO3S2. The predicted octanol–water partition coefficient (Wildman–Crippen LogP) is 3.33. The lowest BCUT2D eigenvalue weighted by Crippen LogP contribution is -2.19. The van der Waals surface area contributed by atoms with Gasteiger partial charge < -0.3 is 0 Å². The second-order valence-corrected chi connectivity index (χ2v) is 10.6. The second kappa shape index (κ2) is 9.53. The summed E-state index contributed by atoms with van der Waals surface area (Å²) in [6.45, 7) is 8.69. The van der Waals surface area contributed by atoms with Crippen molar-refractivity contribution in [3.8, 4) is 0 Å². The average molecular weight is 352 g/mol. The zero-order valence-corrected chi connectivity index (χ0v) is 15.6. The third kappa shape index (κ3) is 9.43. The SMILES string of the molecule is C.C=S(C)(=O)/C=C/C(C)C.CC(C)/C=C1/CCN(C)S1(=O)=O. The molecule has 1 fully saturated rings. The predicted molar refractivity (Wildman–Crippen MR) is 101 cm³/mol. The minimum atomic E-state index is -3.07. The van der Waals surface area contributed by atoms with Crippen LogP contribution in [0.1, 0.15) is 41.5 Å². The van der Waals surface area contributed by atoms with Gasteiger partial charge in [0.1, 0.15) is 0 Å². The molecule has 0 N–H and O–H groups in total. The summed E-state index contributed by atoms with van der Waals surface area (Å²) in [6, 6.07) is 0. The van der Waals surface area contributed by atoms with Crippen LogP contribution in [0.15, 0.2) is 22.5 Å². The highest BCUT2D eigenvalue weighted by molar-refractivity contribution is 8.02. The number of sulfonamides is 1. The normalized spacial score (nSPS) is 22.5. The molecule has 1 unspecified atom stereocenters. The molecule has 0 aromatic rings. The Balaban J connectivity index is 0. The molecule has 1 saturated heterocycles. The molecule has 1 rings (SSSR count). The zero-order chi connectivity index (χ0) is 16.8. The molecule has 22 heavy (non-hydrogen) atoms. The van der Waals surface area contributed by atoms with Crippen LogP contribution in [0, 0.1) is 11.8 Å². The van der Waals surface area contributed by atoms with Gasteiger partial charge in [-0.25, -0.2) is 12.7 Å². The first-order chi connectivity index (χ1) is 9.36. The van der Waals surface area contributed by atoms with E-state index in [4.69, 9.17) is 0 Å². The minimum absolute atomic E-state index is 0. The maximum Gasteiger partial charge on any atom is 0.238 e. The monoisotopic (exact) mass is 351 g/mol. The van der Waals surface area contributed by atoms with Crippen LogP contribution < -0.4 is 0 Å². The fourth-order valence-corrected chi connectivity index (χ4v) is 3.75. The van der Waals surface area contributed by atoms with Gasteiger partial charge in [0.15, 0.2) is 0 Å². The molecule has 1 aliphatic rings. The Labute approximate surface area is 138 Å². The molecular weight excluding hydrogens is 318 g/mol. The average Bonchev–Trinajstić information content (AvgIpc) is 2.53. The van der Waals surface area contributed by atoms with E-state index in [0.717, 1.165) is 0 Å². The van der Waals surface area contributed by atoms with E-state index in [0.29, 0.717) is 29.7 Å². The van der Waals surface area contributed by atoms with Crippen molar-refractivity contribution >= 4 is 25.4 Å². The van der Waals surface area contributed by atoms with Gasteiger partial charge in [-0.05, 0) is 39.1 Å². The highest BCUT2D eigenvalue weighted by atomic mass is 32.2. The van der Waals surface area contributed by atoms with Crippen molar-refractivity contribution in [2.45, 2.75) is 41.5 Å². The largest absolute Gasteiger partial charge is 0.264 e. The zero-order valence-electron chi connectivity index (χ0n) is 14.0. The van der Waals surface area contributed by atoms with E-state index in [1.54, 1.807) is 18.7 Å². The van der Waals surface area contributed by atoms with Crippen molar-refractivity contribution in [2.24, 2.45) is 11.8 Å². The van der Waals surface area contributed by atoms with Gasteiger partial charge in [-0.2, -0.15) is 0 Å². The highest BCUT2D eigenvalue weighted by Gasteiger charge is 2.30. The third-order valence-electron chi connectivity index (χ3n) is 2.69.